The van der Waals surface area contributed by atoms with E-state index in [1.165, 1.54) is 50.8 Å². The molecule has 5 rings (SSSR count). The lowest BCUT2D eigenvalue weighted by atomic mass is 9.99. The Labute approximate surface area is 218 Å². The van der Waals surface area contributed by atoms with E-state index in [1.54, 1.807) is 0 Å². The third kappa shape index (κ3) is 5.02. The molecule has 0 atom stereocenters. The predicted octanol–water partition coefficient (Wildman–Crippen LogP) is 5.04. The molecule has 2 amide bonds. The number of hydrogen-bond donors (Lipinski definition) is 2. The van der Waals surface area contributed by atoms with Gasteiger partial charge >= 0.3 is 6.03 Å². The van der Waals surface area contributed by atoms with Crippen molar-refractivity contribution in [2.75, 3.05) is 23.8 Å². The molecule has 38 heavy (non-hydrogen) atoms. The zero-order valence-electron chi connectivity index (χ0n) is 20.5. The number of benzene rings is 2. The fourth-order valence-electron chi connectivity index (χ4n) is 4.05. The lowest BCUT2D eigenvalue weighted by molar-refractivity contribution is 0.250. The Bertz CT molecular complexity index is 1570. The molecule has 2 N–H and O–H groups in total. The maximum atomic E-state index is 15.5. The fraction of sp³-hybridized carbons (Fsp3) is 0.192. The van der Waals surface area contributed by atoms with Crippen LogP contribution >= 0.6 is 0 Å². The minimum absolute atomic E-state index is 0.00373. The van der Waals surface area contributed by atoms with Crippen LogP contribution in [0.5, 0.6) is 5.75 Å². The molecule has 0 radical (unpaired) electrons. The van der Waals surface area contributed by atoms with E-state index in [1.807, 2.05) is 24.3 Å². The number of nitrogens with one attached hydrogen (secondary N) is 2. The summed E-state index contributed by atoms with van der Waals surface area (Å²) in [7, 11) is -1.18. The first-order valence-corrected chi connectivity index (χ1v) is 13.2. The number of rotatable bonds is 8. The first kappa shape index (κ1) is 25.2. The summed E-state index contributed by atoms with van der Waals surface area (Å²) < 4.78 is 53.2. The van der Waals surface area contributed by atoms with Crippen molar-refractivity contribution in [2.24, 2.45) is 0 Å². The second-order valence-electron chi connectivity index (χ2n) is 8.64. The van der Waals surface area contributed by atoms with Crippen molar-refractivity contribution >= 4 is 33.4 Å². The Morgan fingerprint density at radius 1 is 1.16 bits per heavy atom. The topological polar surface area (TPSA) is 127 Å². The molecule has 0 spiro atoms. The molecule has 0 bridgehead atoms. The summed E-state index contributed by atoms with van der Waals surface area (Å²) in [5, 5.41) is 6.02. The van der Waals surface area contributed by atoms with E-state index in [0.717, 1.165) is 29.5 Å². The number of halogens is 1. The third-order valence-corrected chi connectivity index (χ3v) is 7.45. The van der Waals surface area contributed by atoms with Gasteiger partial charge in [-0.1, -0.05) is 29.4 Å². The number of amides is 2. The van der Waals surface area contributed by atoms with Crippen LogP contribution in [0.1, 0.15) is 24.3 Å². The number of methoxy groups -OCH3 is 1. The van der Waals surface area contributed by atoms with Crippen LogP contribution in [-0.2, 0) is 10.0 Å². The maximum Gasteiger partial charge on any atom is 0.327 e. The lowest BCUT2D eigenvalue weighted by Crippen LogP contribution is -2.35. The quantitative estimate of drug-likeness (QED) is 0.322. The van der Waals surface area contributed by atoms with E-state index in [4.69, 9.17) is 4.74 Å². The van der Waals surface area contributed by atoms with Crippen LogP contribution in [0.3, 0.4) is 0 Å². The molecule has 4 aromatic rings. The van der Waals surface area contributed by atoms with E-state index in [-0.39, 0.29) is 28.0 Å². The van der Waals surface area contributed by atoms with Gasteiger partial charge in [0.1, 0.15) is 28.5 Å². The Morgan fingerprint density at radius 2 is 1.97 bits per heavy atom. The summed E-state index contributed by atoms with van der Waals surface area (Å²) in [5.74, 6) is 0.230. The Balaban J connectivity index is 1.51. The van der Waals surface area contributed by atoms with Gasteiger partial charge in [-0.25, -0.2) is 27.5 Å². The molecule has 2 aromatic heterocycles. The number of carbonyl (C=O) groups excluding carboxylic acids is 1. The zero-order valence-corrected chi connectivity index (χ0v) is 21.3. The number of carbonyl (C=O) groups is 1. The molecular weight excluding hydrogens is 513 g/mol. The van der Waals surface area contributed by atoms with E-state index >= 15 is 4.39 Å². The summed E-state index contributed by atoms with van der Waals surface area (Å²) in [6, 6.07) is 13.8. The number of pyridine rings is 1. The second kappa shape index (κ2) is 10.1. The van der Waals surface area contributed by atoms with Gasteiger partial charge in [0, 0.05) is 30.9 Å². The first-order chi connectivity index (χ1) is 18.3. The minimum Gasteiger partial charge on any atom is -0.495 e. The highest BCUT2D eigenvalue weighted by atomic mass is 32.2. The summed E-state index contributed by atoms with van der Waals surface area (Å²) in [6.07, 6.45) is 4.55. The van der Waals surface area contributed by atoms with Gasteiger partial charge in [0.05, 0.1) is 12.8 Å². The number of sulfonamides is 1. The zero-order chi connectivity index (χ0) is 26.9. The second-order valence-corrected chi connectivity index (χ2v) is 10.3. The van der Waals surface area contributed by atoms with Crippen LogP contribution in [0, 0.1) is 5.82 Å². The van der Waals surface area contributed by atoms with Crippen LogP contribution in [0.2, 0.25) is 0 Å². The fourth-order valence-corrected chi connectivity index (χ4v) is 4.99. The number of hydrogen-bond acceptors (Lipinski definition) is 7. The normalized spacial score (nSPS) is 13.1. The predicted molar refractivity (Wildman–Crippen MR) is 139 cm³/mol. The number of ether oxygens (including phenoxy) is 1. The van der Waals surface area contributed by atoms with Crippen molar-refractivity contribution in [3.05, 3.63) is 78.4 Å². The van der Waals surface area contributed by atoms with Crippen LogP contribution in [-0.4, -0.2) is 38.7 Å². The van der Waals surface area contributed by atoms with Crippen LogP contribution in [0.15, 0.2) is 76.5 Å². The lowest BCUT2D eigenvalue weighted by Gasteiger charge is -2.24. The SMILES string of the molecule is CNC(=O)N(c1ccc(S(=O)(=O)Nc2ccon2)cn1)c1cc(F)c(-c2cccc(C3CC3)c2)cc1OC. The first-order valence-electron chi connectivity index (χ1n) is 11.7. The molecule has 0 saturated heterocycles. The van der Waals surface area contributed by atoms with Gasteiger partial charge < -0.3 is 14.6 Å². The molecule has 0 unspecified atom stereocenters. The summed E-state index contributed by atoms with van der Waals surface area (Å²) in [6.45, 7) is 0. The monoisotopic (exact) mass is 537 g/mol. The number of urea groups is 1. The van der Waals surface area contributed by atoms with Crippen LogP contribution in [0.4, 0.5) is 26.5 Å². The number of aromatic nitrogens is 2. The molecule has 10 nitrogen and oxygen atoms in total. The average Bonchev–Trinajstić information content (AvgIpc) is 3.66. The molecule has 2 heterocycles. The Kier molecular flexibility index (Phi) is 6.72. The molecule has 1 aliphatic rings. The van der Waals surface area contributed by atoms with E-state index < -0.39 is 21.9 Å². The Morgan fingerprint density at radius 3 is 2.61 bits per heavy atom. The van der Waals surface area contributed by atoms with Gasteiger partial charge in [0.25, 0.3) is 10.0 Å². The number of nitrogens with zero attached hydrogens (tertiary/aromatic N) is 3. The highest BCUT2D eigenvalue weighted by molar-refractivity contribution is 7.92. The molecule has 1 saturated carbocycles. The number of anilines is 3. The van der Waals surface area contributed by atoms with Crippen molar-refractivity contribution < 1.29 is 26.9 Å². The highest BCUT2D eigenvalue weighted by Gasteiger charge is 2.27. The largest absolute Gasteiger partial charge is 0.495 e. The van der Waals surface area contributed by atoms with E-state index in [2.05, 4.69) is 24.7 Å². The Hall–Kier alpha value is -4.45. The maximum absolute atomic E-state index is 15.5. The molecule has 196 valence electrons. The molecule has 1 fully saturated rings. The van der Waals surface area contributed by atoms with Crippen molar-refractivity contribution in [2.45, 2.75) is 23.7 Å². The van der Waals surface area contributed by atoms with Crippen molar-refractivity contribution in [3.63, 3.8) is 0 Å². The van der Waals surface area contributed by atoms with Gasteiger partial charge in [0.15, 0.2) is 5.82 Å². The molecule has 0 aliphatic heterocycles. The van der Waals surface area contributed by atoms with Gasteiger partial charge in [-0.3, -0.25) is 4.72 Å². The van der Waals surface area contributed by atoms with Crippen LogP contribution in [0.25, 0.3) is 11.1 Å². The summed E-state index contributed by atoms with van der Waals surface area (Å²) in [4.78, 5) is 18.0. The van der Waals surface area contributed by atoms with E-state index in [9.17, 15) is 13.2 Å². The third-order valence-electron chi connectivity index (χ3n) is 6.11. The molecule has 12 heteroatoms. The molecule has 2 aromatic carbocycles. The molecular formula is C26H24FN5O5S. The van der Waals surface area contributed by atoms with Gasteiger partial charge in [0.2, 0.25) is 0 Å². The van der Waals surface area contributed by atoms with Crippen molar-refractivity contribution in [1.82, 2.24) is 15.5 Å². The van der Waals surface area contributed by atoms with Gasteiger partial charge in [-0.05, 0) is 48.1 Å². The minimum atomic E-state index is -4.02. The highest BCUT2D eigenvalue weighted by Crippen LogP contribution is 2.43. The van der Waals surface area contributed by atoms with Crippen molar-refractivity contribution in [1.29, 1.82) is 0 Å². The van der Waals surface area contributed by atoms with Crippen LogP contribution < -0.4 is 19.7 Å². The standard InChI is InChI=1S/C26H24FN5O5S/c1-28-26(33)32(25-9-8-19(15-29-25)38(34,35)31-24-10-11-37-30-24)22-14-21(27)20(13-23(22)36-2)18-5-3-4-17(12-18)16-6-7-16/h3-5,8-16H,6-7H2,1-2H3,(H,28,33)(H,30,31). The summed E-state index contributed by atoms with van der Waals surface area (Å²) >= 11 is 0. The van der Waals surface area contributed by atoms with E-state index in [0.29, 0.717) is 17.0 Å². The van der Waals surface area contributed by atoms with Crippen molar-refractivity contribution in [3.8, 4) is 16.9 Å². The van der Waals surface area contributed by atoms with Gasteiger partial charge in [-0.15, -0.1) is 0 Å². The molecule has 1 aliphatic carbocycles. The summed E-state index contributed by atoms with van der Waals surface area (Å²) in [5.41, 5.74) is 2.29. The van der Waals surface area contributed by atoms with Gasteiger partial charge in [-0.2, -0.15) is 0 Å². The average molecular weight is 538 g/mol. The smallest absolute Gasteiger partial charge is 0.327 e.